The number of carbonyl (C=O) groups is 5. The maximum Gasteiger partial charge on any atom is 0.257 e. The molecule has 2 aliphatic rings. The maximum absolute atomic E-state index is 13.7. The predicted molar refractivity (Wildman–Crippen MR) is 198 cm³/mol. The first-order valence-electron chi connectivity index (χ1n) is 18.1. The molecule has 1 aromatic carbocycles. The number of anilines is 2. The molecule has 2 fully saturated rings. The van der Waals surface area contributed by atoms with Gasteiger partial charge in [0.2, 0.25) is 5.91 Å². The first kappa shape index (κ1) is 39.7. The maximum atomic E-state index is 13.7. The van der Waals surface area contributed by atoms with E-state index < -0.39 is 23.5 Å². The average molecular weight is 717 g/mol. The van der Waals surface area contributed by atoms with Crippen LogP contribution in [0.5, 0.6) is 0 Å². The average Bonchev–Trinajstić information content (AvgIpc) is 3.67. The van der Waals surface area contributed by atoms with Crippen molar-refractivity contribution in [3.05, 3.63) is 71.2 Å². The lowest BCUT2D eigenvalue weighted by Gasteiger charge is -2.42. The molecule has 1 unspecified atom stereocenters. The third kappa shape index (κ3) is 9.21. The third-order valence-electron chi connectivity index (χ3n) is 9.80. The van der Waals surface area contributed by atoms with E-state index in [0.29, 0.717) is 76.7 Å². The SMILES string of the molecule is CC.CNC(=O)C(CCC=O)N(C)C(=O)c1c(C=O)cccc1NCc1cnn(C2CCN(C(=O)C3(O)CCN(c4ccc(C)cn4)CC3)CC2)c1. The molecule has 0 bridgehead atoms. The van der Waals surface area contributed by atoms with Crippen molar-refractivity contribution < 1.29 is 29.1 Å². The number of pyridine rings is 1. The van der Waals surface area contributed by atoms with Crippen LogP contribution < -0.4 is 15.5 Å². The summed E-state index contributed by atoms with van der Waals surface area (Å²) in [6, 6.07) is 8.08. The summed E-state index contributed by atoms with van der Waals surface area (Å²) in [6.07, 6.45) is 9.13. The fraction of sp³-hybridized carbons (Fsp3) is 0.500. The van der Waals surface area contributed by atoms with Gasteiger partial charge in [-0.2, -0.15) is 5.10 Å². The zero-order valence-electron chi connectivity index (χ0n) is 30.9. The highest BCUT2D eigenvalue weighted by molar-refractivity contribution is 6.07. The molecule has 3 aromatic rings. The van der Waals surface area contributed by atoms with Crippen molar-refractivity contribution in [1.82, 2.24) is 29.9 Å². The topological polar surface area (TPSA) is 170 Å². The number of piperidine rings is 2. The minimum Gasteiger partial charge on any atom is -0.380 e. The Balaban J connectivity index is 0.00000297. The van der Waals surface area contributed by atoms with Gasteiger partial charge in [0.25, 0.3) is 11.8 Å². The molecule has 14 nitrogen and oxygen atoms in total. The minimum absolute atomic E-state index is 0.0779. The van der Waals surface area contributed by atoms with E-state index >= 15 is 0 Å². The Morgan fingerprint density at radius 2 is 1.77 bits per heavy atom. The molecule has 4 heterocycles. The molecular weight excluding hydrogens is 664 g/mol. The number of aromatic nitrogens is 3. The summed E-state index contributed by atoms with van der Waals surface area (Å²) in [6.45, 7) is 8.46. The molecule has 52 heavy (non-hydrogen) atoms. The number of benzene rings is 1. The summed E-state index contributed by atoms with van der Waals surface area (Å²) >= 11 is 0. The van der Waals surface area contributed by atoms with Crippen molar-refractivity contribution in [1.29, 1.82) is 0 Å². The highest BCUT2D eigenvalue weighted by Crippen LogP contribution is 2.31. The summed E-state index contributed by atoms with van der Waals surface area (Å²) < 4.78 is 1.89. The second-order valence-corrected chi connectivity index (χ2v) is 13.1. The van der Waals surface area contributed by atoms with Gasteiger partial charge >= 0.3 is 0 Å². The Morgan fingerprint density at radius 3 is 2.38 bits per heavy atom. The fourth-order valence-electron chi connectivity index (χ4n) is 6.73. The Morgan fingerprint density at radius 1 is 1.06 bits per heavy atom. The Labute approximate surface area is 305 Å². The van der Waals surface area contributed by atoms with Crippen LogP contribution in [0.3, 0.4) is 0 Å². The number of nitrogens with zero attached hydrogens (tertiary/aromatic N) is 6. The third-order valence-corrected chi connectivity index (χ3v) is 9.80. The van der Waals surface area contributed by atoms with Gasteiger partial charge in [-0.05, 0) is 43.9 Å². The molecule has 2 saturated heterocycles. The monoisotopic (exact) mass is 716 g/mol. The highest BCUT2D eigenvalue weighted by atomic mass is 16.3. The largest absolute Gasteiger partial charge is 0.380 e. The summed E-state index contributed by atoms with van der Waals surface area (Å²) in [5.41, 5.74) is 1.29. The molecule has 0 aliphatic carbocycles. The van der Waals surface area contributed by atoms with E-state index in [1.807, 2.05) is 50.0 Å². The van der Waals surface area contributed by atoms with E-state index in [0.717, 1.165) is 16.9 Å². The molecule has 14 heteroatoms. The number of aliphatic hydroxyl groups is 1. The van der Waals surface area contributed by atoms with Gasteiger partial charge in [-0.3, -0.25) is 23.9 Å². The summed E-state index contributed by atoms with van der Waals surface area (Å²) in [5, 5.41) is 21.7. The van der Waals surface area contributed by atoms with Gasteiger partial charge in [0, 0.05) is 95.3 Å². The van der Waals surface area contributed by atoms with Gasteiger partial charge in [0.05, 0.1) is 17.8 Å². The zero-order valence-corrected chi connectivity index (χ0v) is 30.9. The van der Waals surface area contributed by atoms with Crippen molar-refractivity contribution in [2.45, 2.75) is 83.5 Å². The number of likely N-dealkylation sites (tertiary alicyclic amines) is 1. The second-order valence-electron chi connectivity index (χ2n) is 13.1. The van der Waals surface area contributed by atoms with E-state index in [4.69, 9.17) is 0 Å². The highest BCUT2D eigenvalue weighted by Gasteiger charge is 2.43. The minimum atomic E-state index is -1.38. The fourth-order valence-corrected chi connectivity index (χ4v) is 6.73. The molecule has 3 N–H and O–H groups in total. The van der Waals surface area contributed by atoms with Crippen LogP contribution in [-0.4, -0.2) is 112 Å². The summed E-state index contributed by atoms with van der Waals surface area (Å²) in [4.78, 5) is 72.2. The van der Waals surface area contributed by atoms with Crippen LogP contribution in [0.2, 0.25) is 0 Å². The number of aryl methyl sites for hydroxylation is 1. The summed E-state index contributed by atoms with van der Waals surface area (Å²) in [7, 11) is 2.94. The van der Waals surface area contributed by atoms with Crippen LogP contribution >= 0.6 is 0 Å². The first-order valence-corrected chi connectivity index (χ1v) is 18.1. The number of carbonyl (C=O) groups excluding carboxylic acids is 5. The molecule has 3 amide bonds. The number of nitrogens with one attached hydrogen (secondary N) is 2. The molecule has 0 saturated carbocycles. The van der Waals surface area contributed by atoms with Crippen LogP contribution in [0, 0.1) is 6.92 Å². The van der Waals surface area contributed by atoms with Crippen molar-refractivity contribution in [2.24, 2.45) is 0 Å². The Hall–Kier alpha value is -5.11. The Kier molecular flexibility index (Phi) is 14.0. The van der Waals surface area contributed by atoms with E-state index in [9.17, 15) is 29.1 Å². The van der Waals surface area contributed by atoms with Crippen LogP contribution in [-0.2, 0) is 20.9 Å². The van der Waals surface area contributed by atoms with E-state index in [2.05, 4.69) is 25.6 Å². The van der Waals surface area contributed by atoms with Crippen LogP contribution in [0.4, 0.5) is 11.5 Å². The van der Waals surface area contributed by atoms with Gasteiger partial charge in [-0.25, -0.2) is 4.98 Å². The number of hydrogen-bond donors (Lipinski definition) is 3. The molecule has 5 rings (SSSR count). The standard InChI is InChI=1S/C36H46N8O6.C2H6/c1-25-9-10-31(39-20-25)42-17-13-36(50,14-18-42)35(49)43-15-11-28(12-16-43)44-23-26(22-40-44)21-38-29-7-4-6-27(24-46)32(29)34(48)41(3)30(8-5-19-45)33(47)37-2;1-2/h4,6-7,9-10,19-20,22-24,28,30,38,50H,5,8,11-18,21H2,1-3H3,(H,37,47);1-2H3. The molecule has 280 valence electrons. The molecule has 2 aromatic heterocycles. The van der Waals surface area contributed by atoms with Gasteiger partial charge < -0.3 is 35.2 Å². The van der Waals surface area contributed by atoms with E-state index in [1.165, 1.54) is 19.0 Å². The first-order chi connectivity index (χ1) is 25.1. The predicted octanol–water partition coefficient (Wildman–Crippen LogP) is 3.40. The number of likely N-dealkylation sites (N-methyl/N-ethyl adjacent to an activating group) is 2. The molecule has 0 radical (unpaired) electrons. The van der Waals surface area contributed by atoms with Gasteiger partial charge in [0.15, 0.2) is 6.29 Å². The van der Waals surface area contributed by atoms with Crippen molar-refractivity contribution in [3.8, 4) is 0 Å². The van der Waals surface area contributed by atoms with Gasteiger partial charge in [-0.15, -0.1) is 0 Å². The van der Waals surface area contributed by atoms with Crippen molar-refractivity contribution >= 4 is 41.8 Å². The second kappa shape index (κ2) is 18.4. The van der Waals surface area contributed by atoms with Crippen LogP contribution in [0.25, 0.3) is 0 Å². The summed E-state index contributed by atoms with van der Waals surface area (Å²) in [5.74, 6) is -0.285. The lowest BCUT2D eigenvalue weighted by molar-refractivity contribution is -0.154. The Bertz CT molecular complexity index is 1680. The molecular formula is C38H52N8O6. The zero-order chi connectivity index (χ0) is 37.8. The number of amides is 3. The lowest BCUT2D eigenvalue weighted by atomic mass is 9.89. The molecule has 2 aliphatic heterocycles. The number of rotatable bonds is 13. The van der Waals surface area contributed by atoms with E-state index in [-0.39, 0.29) is 35.9 Å². The van der Waals surface area contributed by atoms with E-state index in [1.54, 1.807) is 29.3 Å². The number of hydrogen-bond acceptors (Lipinski definition) is 10. The molecule has 1 atom stereocenters. The lowest BCUT2D eigenvalue weighted by Crippen LogP contribution is -2.56. The molecule has 0 spiro atoms. The van der Waals surface area contributed by atoms with Gasteiger partial charge in [0.1, 0.15) is 23.7 Å². The number of aldehydes is 2. The smallest absolute Gasteiger partial charge is 0.257 e. The van der Waals surface area contributed by atoms with Gasteiger partial charge in [-0.1, -0.05) is 32.0 Å². The van der Waals surface area contributed by atoms with Crippen LogP contribution in [0.1, 0.15) is 90.3 Å². The van der Waals surface area contributed by atoms with Crippen molar-refractivity contribution in [2.75, 3.05) is 50.5 Å². The quantitative estimate of drug-likeness (QED) is 0.223. The van der Waals surface area contributed by atoms with Crippen LogP contribution in [0.15, 0.2) is 48.9 Å². The van der Waals surface area contributed by atoms with Crippen molar-refractivity contribution in [3.63, 3.8) is 0 Å². The normalized spacial score (nSPS) is 16.2.